The van der Waals surface area contributed by atoms with Crippen molar-refractivity contribution >= 4 is 0 Å². The Kier molecular flexibility index (Phi) is 3.06. The van der Waals surface area contributed by atoms with Crippen molar-refractivity contribution in [3.8, 4) is 11.8 Å². The molecular weight excluding hydrogens is 212 g/mol. The molecule has 0 radical (unpaired) electrons. The highest BCUT2D eigenvalue weighted by molar-refractivity contribution is 5.36. The van der Waals surface area contributed by atoms with Crippen molar-refractivity contribution in [1.29, 1.82) is 5.26 Å². The number of hydrogen-bond acceptors (Lipinski definition) is 3. The highest BCUT2D eigenvalue weighted by Crippen LogP contribution is 2.23. The molecular formula is C14H12N2O. The molecule has 84 valence electrons. The molecule has 1 N–H and O–H groups in total. The molecule has 0 aliphatic rings. The average molecular weight is 224 g/mol. The van der Waals surface area contributed by atoms with E-state index < -0.39 is 0 Å². The maximum absolute atomic E-state index is 9.18. The van der Waals surface area contributed by atoms with E-state index in [1.807, 2.05) is 19.1 Å². The van der Waals surface area contributed by atoms with E-state index in [1.54, 1.807) is 24.3 Å². The lowest BCUT2D eigenvalue weighted by Crippen LogP contribution is -1.98. The van der Waals surface area contributed by atoms with E-state index in [2.05, 4.69) is 11.1 Å². The van der Waals surface area contributed by atoms with Gasteiger partial charge in [0.15, 0.2) is 0 Å². The molecule has 0 aliphatic carbocycles. The van der Waals surface area contributed by atoms with E-state index in [1.165, 1.54) is 6.20 Å². The summed E-state index contributed by atoms with van der Waals surface area (Å²) in [5.41, 5.74) is 2.65. The third kappa shape index (κ3) is 2.43. The molecule has 0 saturated heterocycles. The van der Waals surface area contributed by atoms with Crippen LogP contribution in [0.3, 0.4) is 0 Å². The van der Waals surface area contributed by atoms with Crippen LogP contribution in [0.4, 0.5) is 0 Å². The van der Waals surface area contributed by atoms with Crippen LogP contribution in [0.25, 0.3) is 0 Å². The number of aromatic nitrogens is 1. The second-order valence-corrected chi connectivity index (χ2v) is 3.90. The maximum atomic E-state index is 9.18. The van der Waals surface area contributed by atoms with Crippen LogP contribution in [0, 0.1) is 11.3 Å². The summed E-state index contributed by atoms with van der Waals surface area (Å²) in [6.45, 7) is 2.04. The van der Waals surface area contributed by atoms with Crippen molar-refractivity contribution in [2.75, 3.05) is 0 Å². The van der Waals surface area contributed by atoms with E-state index in [0.29, 0.717) is 5.56 Å². The van der Waals surface area contributed by atoms with Gasteiger partial charge in [0.1, 0.15) is 5.75 Å². The van der Waals surface area contributed by atoms with Gasteiger partial charge in [-0.05, 0) is 29.8 Å². The minimum atomic E-state index is 0.142. The molecule has 3 nitrogen and oxygen atoms in total. The molecule has 2 rings (SSSR count). The summed E-state index contributed by atoms with van der Waals surface area (Å²) in [4.78, 5) is 4.18. The number of nitriles is 1. The average Bonchev–Trinajstić information content (AvgIpc) is 2.39. The number of hydrogen-bond donors (Lipinski definition) is 1. The second kappa shape index (κ2) is 4.67. The van der Waals surface area contributed by atoms with Gasteiger partial charge in [0.2, 0.25) is 0 Å². The molecule has 0 aliphatic heterocycles. The largest absolute Gasteiger partial charge is 0.506 e. The second-order valence-electron chi connectivity index (χ2n) is 3.90. The van der Waals surface area contributed by atoms with Crippen molar-refractivity contribution in [3.05, 3.63) is 59.4 Å². The molecule has 1 unspecified atom stereocenters. The highest BCUT2D eigenvalue weighted by Gasteiger charge is 2.09. The quantitative estimate of drug-likeness (QED) is 0.853. The van der Waals surface area contributed by atoms with Crippen LogP contribution in [-0.2, 0) is 0 Å². The number of rotatable bonds is 2. The zero-order valence-electron chi connectivity index (χ0n) is 9.46. The zero-order chi connectivity index (χ0) is 12.3. The van der Waals surface area contributed by atoms with Gasteiger partial charge in [0.25, 0.3) is 0 Å². The van der Waals surface area contributed by atoms with Crippen molar-refractivity contribution in [1.82, 2.24) is 4.98 Å². The number of benzene rings is 1. The summed E-state index contributed by atoms with van der Waals surface area (Å²) in [5, 5.41) is 17.9. The lowest BCUT2D eigenvalue weighted by molar-refractivity contribution is 0.472. The first kappa shape index (κ1) is 11.2. The fourth-order valence-electron chi connectivity index (χ4n) is 1.67. The third-order valence-electron chi connectivity index (χ3n) is 2.75. The molecule has 1 aromatic heterocycles. The van der Waals surface area contributed by atoms with E-state index in [-0.39, 0.29) is 11.7 Å². The molecule has 1 aromatic carbocycles. The Morgan fingerprint density at radius 1 is 1.18 bits per heavy atom. The molecule has 1 heterocycles. The topological polar surface area (TPSA) is 56.9 Å². The predicted octanol–water partition coefficient (Wildman–Crippen LogP) is 2.81. The maximum Gasteiger partial charge on any atom is 0.133 e. The van der Waals surface area contributed by atoms with Gasteiger partial charge in [-0.3, -0.25) is 4.98 Å². The standard InChI is InChI=1S/C14H12N2O/c1-10(14-7-6-13(17)9-16-14)12-4-2-11(8-15)3-5-12/h2-7,9-10,17H,1H3. The fourth-order valence-corrected chi connectivity index (χ4v) is 1.67. The number of aromatic hydroxyl groups is 1. The molecule has 2 aromatic rings. The Morgan fingerprint density at radius 2 is 1.88 bits per heavy atom. The smallest absolute Gasteiger partial charge is 0.133 e. The van der Waals surface area contributed by atoms with Gasteiger partial charge < -0.3 is 5.11 Å². The molecule has 0 fully saturated rings. The fraction of sp³-hybridized carbons (Fsp3) is 0.143. The monoisotopic (exact) mass is 224 g/mol. The summed E-state index contributed by atoms with van der Waals surface area (Å²) >= 11 is 0. The summed E-state index contributed by atoms with van der Waals surface area (Å²) in [6.07, 6.45) is 1.44. The van der Waals surface area contributed by atoms with Crippen LogP contribution < -0.4 is 0 Å². The van der Waals surface area contributed by atoms with Crippen molar-refractivity contribution in [2.45, 2.75) is 12.8 Å². The van der Waals surface area contributed by atoms with Gasteiger partial charge in [0, 0.05) is 11.6 Å². The summed E-state index contributed by atoms with van der Waals surface area (Å²) in [7, 11) is 0. The molecule has 3 heteroatoms. The van der Waals surface area contributed by atoms with Crippen molar-refractivity contribution in [3.63, 3.8) is 0 Å². The zero-order valence-corrected chi connectivity index (χ0v) is 9.46. The van der Waals surface area contributed by atoms with Crippen molar-refractivity contribution < 1.29 is 5.11 Å². The predicted molar refractivity (Wildman–Crippen MR) is 64.6 cm³/mol. The lowest BCUT2D eigenvalue weighted by atomic mass is 9.96. The van der Waals surface area contributed by atoms with E-state index in [0.717, 1.165) is 11.3 Å². The van der Waals surface area contributed by atoms with Gasteiger partial charge in [-0.15, -0.1) is 0 Å². The highest BCUT2D eigenvalue weighted by atomic mass is 16.3. The Morgan fingerprint density at radius 3 is 2.41 bits per heavy atom. The lowest BCUT2D eigenvalue weighted by Gasteiger charge is -2.11. The van der Waals surface area contributed by atoms with Gasteiger partial charge in [0.05, 0.1) is 17.8 Å². The van der Waals surface area contributed by atoms with Crippen LogP contribution in [0.5, 0.6) is 5.75 Å². The van der Waals surface area contributed by atoms with Crippen LogP contribution in [-0.4, -0.2) is 10.1 Å². The Labute approximate surface area is 100.0 Å². The Hall–Kier alpha value is -2.34. The van der Waals surface area contributed by atoms with Crippen LogP contribution >= 0.6 is 0 Å². The summed E-state index contributed by atoms with van der Waals surface area (Å²) in [6, 6.07) is 13.0. The molecule has 0 amide bonds. The van der Waals surface area contributed by atoms with E-state index in [4.69, 9.17) is 5.26 Å². The van der Waals surface area contributed by atoms with Gasteiger partial charge >= 0.3 is 0 Å². The molecule has 0 spiro atoms. The number of nitrogens with zero attached hydrogens (tertiary/aromatic N) is 2. The summed E-state index contributed by atoms with van der Waals surface area (Å²) < 4.78 is 0. The van der Waals surface area contributed by atoms with Gasteiger partial charge in [-0.25, -0.2) is 0 Å². The first-order valence-electron chi connectivity index (χ1n) is 5.35. The van der Waals surface area contributed by atoms with Crippen LogP contribution in [0.1, 0.15) is 29.7 Å². The SMILES string of the molecule is CC(c1ccc(C#N)cc1)c1ccc(O)cn1. The Bertz CT molecular complexity index is 538. The summed E-state index contributed by atoms with van der Waals surface area (Å²) in [5.74, 6) is 0.309. The number of pyridine rings is 1. The van der Waals surface area contributed by atoms with Gasteiger partial charge in [-0.2, -0.15) is 5.26 Å². The third-order valence-corrected chi connectivity index (χ3v) is 2.75. The first-order chi connectivity index (χ1) is 8.20. The van der Waals surface area contributed by atoms with Crippen molar-refractivity contribution in [2.24, 2.45) is 0 Å². The minimum Gasteiger partial charge on any atom is -0.506 e. The van der Waals surface area contributed by atoms with Gasteiger partial charge in [-0.1, -0.05) is 19.1 Å². The molecule has 17 heavy (non-hydrogen) atoms. The van der Waals surface area contributed by atoms with E-state index in [9.17, 15) is 5.11 Å². The molecule has 1 atom stereocenters. The van der Waals surface area contributed by atoms with Crippen LogP contribution in [0.2, 0.25) is 0 Å². The Balaban J connectivity index is 2.27. The first-order valence-corrected chi connectivity index (χ1v) is 5.35. The molecule has 0 bridgehead atoms. The minimum absolute atomic E-state index is 0.142. The molecule has 0 saturated carbocycles. The van der Waals surface area contributed by atoms with Crippen LogP contribution in [0.15, 0.2) is 42.6 Å². The normalized spacial score (nSPS) is 11.8. The van der Waals surface area contributed by atoms with E-state index >= 15 is 0 Å².